The number of carboxylic acids is 1. The van der Waals surface area contributed by atoms with E-state index >= 15 is 0 Å². The number of carbonyl (C=O) groups is 1. The fraction of sp³-hybridized carbons (Fsp3) is 0.417. The van der Waals surface area contributed by atoms with Gasteiger partial charge >= 0.3 is 5.97 Å². The molecule has 0 bridgehead atoms. The molecule has 8 heteroatoms. The summed E-state index contributed by atoms with van der Waals surface area (Å²) in [6.07, 6.45) is 6.76. The second-order valence-electron chi connectivity index (χ2n) is 12.3. The van der Waals surface area contributed by atoms with Gasteiger partial charge in [0.1, 0.15) is 5.75 Å². The number of carboxylic acid groups (broad SMARTS) is 1. The number of hydrogen-bond acceptors (Lipinski definition) is 7. The van der Waals surface area contributed by atoms with Gasteiger partial charge in [-0.1, -0.05) is 94.9 Å². The molecule has 4 rings (SSSR count). The molecule has 44 heavy (non-hydrogen) atoms. The fourth-order valence-corrected chi connectivity index (χ4v) is 4.95. The van der Waals surface area contributed by atoms with Crippen molar-refractivity contribution >= 4 is 11.7 Å². The number of unbranched alkanes of at least 4 members (excludes halogenated alkanes) is 4. The van der Waals surface area contributed by atoms with Crippen LogP contribution >= 0.6 is 0 Å². The molecule has 0 saturated carbocycles. The predicted molar refractivity (Wildman–Crippen MR) is 176 cm³/mol. The monoisotopic (exact) mass is 598 g/mol. The first-order chi connectivity index (χ1) is 21.2. The Morgan fingerprint density at radius 1 is 0.909 bits per heavy atom. The molecule has 1 heterocycles. The highest BCUT2D eigenvalue weighted by Gasteiger charge is 2.16. The van der Waals surface area contributed by atoms with Gasteiger partial charge in [0.05, 0.1) is 13.2 Å². The van der Waals surface area contributed by atoms with Crippen molar-refractivity contribution in [1.82, 2.24) is 15.5 Å². The number of nitrogens with one attached hydrogen (secondary N) is 2. The van der Waals surface area contributed by atoms with Crippen molar-refractivity contribution in [1.29, 1.82) is 0 Å². The van der Waals surface area contributed by atoms with E-state index in [0.717, 1.165) is 41.2 Å². The highest BCUT2D eigenvalue weighted by Crippen LogP contribution is 2.26. The normalized spacial score (nSPS) is 12.2. The lowest BCUT2D eigenvalue weighted by atomic mass is 9.87. The second-order valence-corrected chi connectivity index (χ2v) is 12.3. The molecule has 1 atom stereocenters. The number of ether oxygens (including phenoxy) is 1. The molecule has 3 N–H and O–H groups in total. The molecule has 0 aliphatic heterocycles. The first-order valence-electron chi connectivity index (χ1n) is 15.7. The summed E-state index contributed by atoms with van der Waals surface area (Å²) in [4.78, 5) is 15.7. The first kappa shape index (κ1) is 32.7. The lowest BCUT2D eigenvalue weighted by molar-refractivity contribution is -0.135. The summed E-state index contributed by atoms with van der Waals surface area (Å²) in [6.45, 7) is 9.94. The van der Waals surface area contributed by atoms with Gasteiger partial charge in [-0.15, -0.1) is 0 Å². The zero-order valence-corrected chi connectivity index (χ0v) is 26.4. The lowest BCUT2D eigenvalue weighted by Gasteiger charge is -2.23. The van der Waals surface area contributed by atoms with Crippen LogP contribution in [0.25, 0.3) is 22.8 Å². The van der Waals surface area contributed by atoms with Gasteiger partial charge in [-0.25, -0.2) is 0 Å². The van der Waals surface area contributed by atoms with Gasteiger partial charge in [-0.3, -0.25) is 4.79 Å². The van der Waals surface area contributed by atoms with Crippen LogP contribution in [0.1, 0.15) is 70.9 Å². The van der Waals surface area contributed by atoms with Gasteiger partial charge in [0, 0.05) is 29.4 Å². The Labute approximate surface area is 261 Å². The van der Waals surface area contributed by atoms with Crippen LogP contribution in [-0.2, 0) is 16.6 Å². The van der Waals surface area contributed by atoms with Crippen molar-refractivity contribution in [2.24, 2.45) is 0 Å². The predicted octanol–water partition coefficient (Wildman–Crippen LogP) is 7.75. The molecule has 0 aliphatic carbocycles. The van der Waals surface area contributed by atoms with E-state index < -0.39 is 5.97 Å². The van der Waals surface area contributed by atoms with Gasteiger partial charge in [0.2, 0.25) is 5.82 Å². The number of hydrogen-bond donors (Lipinski definition) is 3. The van der Waals surface area contributed by atoms with E-state index in [9.17, 15) is 4.79 Å². The number of aliphatic carboxylic acids is 1. The molecule has 234 valence electrons. The van der Waals surface area contributed by atoms with Crippen molar-refractivity contribution in [2.45, 2.75) is 77.7 Å². The molecule has 0 aliphatic rings. The number of rotatable bonds is 17. The van der Waals surface area contributed by atoms with E-state index in [4.69, 9.17) is 14.4 Å². The van der Waals surface area contributed by atoms with Gasteiger partial charge in [0.25, 0.3) is 5.89 Å². The molecule has 8 nitrogen and oxygen atoms in total. The maximum absolute atomic E-state index is 11.1. The van der Waals surface area contributed by atoms with Crippen LogP contribution in [0.15, 0.2) is 77.3 Å². The third-order valence-corrected chi connectivity index (χ3v) is 7.53. The lowest BCUT2D eigenvalue weighted by Crippen LogP contribution is -2.37. The molecular weight excluding hydrogens is 552 g/mol. The maximum atomic E-state index is 11.1. The van der Waals surface area contributed by atoms with Gasteiger partial charge in [-0.05, 0) is 65.8 Å². The van der Waals surface area contributed by atoms with Gasteiger partial charge in [-0.2, -0.15) is 4.98 Å². The topological polar surface area (TPSA) is 110 Å². The Hall–Kier alpha value is -4.17. The third-order valence-electron chi connectivity index (χ3n) is 7.53. The maximum Gasteiger partial charge on any atom is 0.317 e. The summed E-state index contributed by atoms with van der Waals surface area (Å²) in [5.74, 6) is 0.948. The molecule has 0 unspecified atom stereocenters. The van der Waals surface area contributed by atoms with Crippen LogP contribution < -0.4 is 15.4 Å². The summed E-state index contributed by atoms with van der Waals surface area (Å²) in [7, 11) is 0. The highest BCUT2D eigenvalue weighted by molar-refractivity contribution is 5.69. The Bertz CT molecular complexity index is 1420. The summed E-state index contributed by atoms with van der Waals surface area (Å²) in [5.41, 5.74) is 5.15. The summed E-state index contributed by atoms with van der Waals surface area (Å²) >= 11 is 0. The first-order valence-corrected chi connectivity index (χ1v) is 15.7. The Morgan fingerprint density at radius 3 is 2.25 bits per heavy atom. The van der Waals surface area contributed by atoms with E-state index in [-0.39, 0.29) is 18.0 Å². The summed E-state index contributed by atoms with van der Waals surface area (Å²) < 4.78 is 11.4. The molecule has 0 amide bonds. The quantitative estimate of drug-likeness (QED) is 0.106. The second kappa shape index (κ2) is 16.1. The number of nitrogens with zero attached hydrogens (tertiary/aromatic N) is 2. The third kappa shape index (κ3) is 10.2. The van der Waals surface area contributed by atoms with E-state index in [0.29, 0.717) is 24.7 Å². The molecule has 0 saturated heterocycles. The number of benzene rings is 3. The highest BCUT2D eigenvalue weighted by atomic mass is 16.5. The SMILES string of the molecule is CCCCCCCOc1ccc(-c2nc(-c3ccc(C[C@@H](CNCC(=O)O)Nc4ccc(C(C)(C)C)cc4)cc3)no2)cc1. The molecule has 0 fully saturated rings. The standard InChI is InChI=1S/C36H46N4O4/c1-5-6-7-8-9-22-43-32-20-14-28(15-21-32)35-39-34(40-44-35)27-12-10-26(11-13-27)23-31(24-37-25-33(41)42)38-30-18-16-29(17-19-30)36(2,3)4/h10-21,31,37-38H,5-9,22-25H2,1-4H3,(H,41,42)/t31-/m0/s1. The van der Waals surface area contributed by atoms with Crippen LogP contribution in [0.5, 0.6) is 5.75 Å². The van der Waals surface area contributed by atoms with Crippen LogP contribution in [0, 0.1) is 0 Å². The summed E-state index contributed by atoms with van der Waals surface area (Å²) in [5, 5.41) is 19.9. The number of aromatic nitrogens is 2. The Morgan fingerprint density at radius 2 is 1.59 bits per heavy atom. The molecule has 3 aromatic carbocycles. The van der Waals surface area contributed by atoms with Crippen molar-refractivity contribution in [3.8, 4) is 28.6 Å². The molecule has 1 aromatic heterocycles. The minimum atomic E-state index is -0.875. The zero-order chi connectivity index (χ0) is 31.4. The minimum absolute atomic E-state index is 0.00882. The van der Waals surface area contributed by atoms with Crippen LogP contribution in [-0.4, -0.2) is 47.0 Å². The van der Waals surface area contributed by atoms with Crippen LogP contribution in [0.4, 0.5) is 5.69 Å². The number of anilines is 1. The fourth-order valence-electron chi connectivity index (χ4n) is 4.95. The summed E-state index contributed by atoms with van der Waals surface area (Å²) in [6, 6.07) is 24.3. The van der Waals surface area contributed by atoms with E-state index in [1.54, 1.807) is 0 Å². The molecular formula is C36H46N4O4. The largest absolute Gasteiger partial charge is 0.494 e. The van der Waals surface area contributed by atoms with Gasteiger partial charge in [0.15, 0.2) is 0 Å². The Balaban J connectivity index is 1.35. The molecule has 4 aromatic rings. The Kier molecular flexibility index (Phi) is 11.9. The van der Waals surface area contributed by atoms with Crippen LogP contribution in [0.3, 0.4) is 0 Å². The van der Waals surface area contributed by atoms with Crippen molar-refractivity contribution in [3.63, 3.8) is 0 Å². The van der Waals surface area contributed by atoms with Crippen molar-refractivity contribution < 1.29 is 19.2 Å². The van der Waals surface area contributed by atoms with Crippen molar-refractivity contribution in [3.05, 3.63) is 83.9 Å². The average molecular weight is 599 g/mol. The van der Waals surface area contributed by atoms with E-state index in [2.05, 4.69) is 72.7 Å². The van der Waals surface area contributed by atoms with Crippen LogP contribution in [0.2, 0.25) is 0 Å². The molecule has 0 spiro atoms. The average Bonchev–Trinajstić information content (AvgIpc) is 3.50. The van der Waals surface area contributed by atoms with E-state index in [1.165, 1.54) is 31.2 Å². The smallest absolute Gasteiger partial charge is 0.317 e. The minimum Gasteiger partial charge on any atom is -0.494 e. The van der Waals surface area contributed by atoms with Crippen molar-refractivity contribution in [2.75, 3.05) is 25.0 Å². The molecule has 0 radical (unpaired) electrons. The van der Waals surface area contributed by atoms with E-state index in [1.807, 2.05) is 48.5 Å². The van der Waals surface area contributed by atoms with Gasteiger partial charge < -0.3 is 25.0 Å². The zero-order valence-electron chi connectivity index (χ0n) is 26.4.